The molecule has 1 unspecified atom stereocenters. The minimum absolute atomic E-state index is 0.318. The SMILES string of the molecule is OC(Cl)[C@H]1CCN1Sc1c(F)c(F)c(F)c(F)c1F. The molecular formula is C10H7ClF5NOS. The van der Waals surface area contributed by atoms with Crippen LogP contribution < -0.4 is 0 Å². The van der Waals surface area contributed by atoms with Gasteiger partial charge in [0, 0.05) is 6.54 Å². The van der Waals surface area contributed by atoms with Crippen LogP contribution in [0.2, 0.25) is 0 Å². The van der Waals surface area contributed by atoms with Crippen molar-refractivity contribution in [2.24, 2.45) is 0 Å². The molecule has 1 aliphatic rings. The molecule has 1 N–H and O–H groups in total. The third kappa shape index (κ3) is 2.54. The van der Waals surface area contributed by atoms with Gasteiger partial charge >= 0.3 is 0 Å². The maximum atomic E-state index is 13.4. The quantitative estimate of drug-likeness (QED) is 0.305. The zero-order valence-electron chi connectivity index (χ0n) is 9.14. The Hall–Kier alpha value is -0.570. The van der Waals surface area contributed by atoms with Gasteiger partial charge in [-0.15, -0.1) is 0 Å². The second kappa shape index (κ2) is 5.43. The van der Waals surface area contributed by atoms with Gasteiger partial charge in [0.15, 0.2) is 23.3 Å². The molecule has 1 aliphatic heterocycles. The molecule has 0 aliphatic carbocycles. The third-order valence-corrected chi connectivity index (χ3v) is 4.23. The summed E-state index contributed by atoms with van der Waals surface area (Å²) in [5.74, 6) is -9.97. The topological polar surface area (TPSA) is 23.5 Å². The molecule has 2 atom stereocenters. The van der Waals surface area contributed by atoms with Crippen molar-refractivity contribution in [1.29, 1.82) is 0 Å². The van der Waals surface area contributed by atoms with Crippen LogP contribution in [0.3, 0.4) is 0 Å². The summed E-state index contributed by atoms with van der Waals surface area (Å²) in [6.45, 7) is 0.318. The number of hydrogen-bond donors (Lipinski definition) is 1. The highest BCUT2D eigenvalue weighted by atomic mass is 35.5. The predicted molar refractivity (Wildman–Crippen MR) is 59.1 cm³/mol. The molecule has 0 saturated carbocycles. The summed E-state index contributed by atoms with van der Waals surface area (Å²) in [7, 11) is 0. The summed E-state index contributed by atoms with van der Waals surface area (Å²) in [6.07, 6.45) is 0.465. The van der Waals surface area contributed by atoms with Gasteiger partial charge in [-0.05, 0) is 18.4 Å². The standard InChI is InChI=1S/C10H7ClF5NOS/c11-10(18)3-1-2-17(3)19-9-7(15)5(13)4(12)6(14)8(9)16/h3,10,18H,1-2H2/t3-,10?/m1/s1. The Balaban J connectivity index is 2.31. The molecule has 1 saturated heterocycles. The van der Waals surface area contributed by atoms with Crippen molar-refractivity contribution >= 4 is 23.5 Å². The average Bonchev–Trinajstić information content (AvgIpc) is 2.32. The first-order chi connectivity index (χ1) is 8.84. The molecule has 1 heterocycles. The van der Waals surface area contributed by atoms with E-state index in [1.54, 1.807) is 0 Å². The van der Waals surface area contributed by atoms with Gasteiger partial charge in [-0.2, -0.15) is 0 Å². The second-order valence-corrected chi connectivity index (χ2v) is 5.37. The van der Waals surface area contributed by atoms with E-state index in [9.17, 15) is 22.0 Å². The van der Waals surface area contributed by atoms with Gasteiger partial charge in [-0.25, -0.2) is 26.3 Å². The number of rotatable bonds is 3. The van der Waals surface area contributed by atoms with Gasteiger partial charge in [0.2, 0.25) is 5.82 Å². The first-order valence-electron chi connectivity index (χ1n) is 5.12. The van der Waals surface area contributed by atoms with Crippen molar-refractivity contribution in [1.82, 2.24) is 4.31 Å². The van der Waals surface area contributed by atoms with E-state index >= 15 is 0 Å². The van der Waals surface area contributed by atoms with Crippen molar-refractivity contribution in [3.63, 3.8) is 0 Å². The van der Waals surface area contributed by atoms with Crippen molar-refractivity contribution in [2.45, 2.75) is 22.9 Å². The van der Waals surface area contributed by atoms with E-state index in [4.69, 9.17) is 16.7 Å². The predicted octanol–water partition coefficient (Wildman–Crippen LogP) is 3.02. The number of hydrogen-bond acceptors (Lipinski definition) is 3. The lowest BCUT2D eigenvalue weighted by molar-refractivity contribution is 0.0977. The highest BCUT2D eigenvalue weighted by Crippen LogP contribution is 2.38. The monoisotopic (exact) mass is 319 g/mol. The summed E-state index contributed by atoms with van der Waals surface area (Å²) in [4.78, 5) is -1.00. The molecule has 106 valence electrons. The Morgan fingerprint density at radius 1 is 1.05 bits per heavy atom. The van der Waals surface area contributed by atoms with E-state index in [2.05, 4.69) is 0 Å². The molecule has 1 aromatic carbocycles. The Kier molecular flexibility index (Phi) is 4.24. The van der Waals surface area contributed by atoms with Crippen molar-refractivity contribution in [3.8, 4) is 0 Å². The first kappa shape index (κ1) is 14.8. The molecule has 9 heteroatoms. The highest BCUT2D eigenvalue weighted by Gasteiger charge is 2.36. The Morgan fingerprint density at radius 2 is 1.53 bits per heavy atom. The summed E-state index contributed by atoms with van der Waals surface area (Å²) < 4.78 is 66.8. The van der Waals surface area contributed by atoms with Crippen molar-refractivity contribution in [3.05, 3.63) is 29.1 Å². The van der Waals surface area contributed by atoms with Crippen LogP contribution in [0.1, 0.15) is 6.42 Å². The van der Waals surface area contributed by atoms with Crippen LogP contribution in [0.25, 0.3) is 0 Å². The summed E-state index contributed by atoms with van der Waals surface area (Å²) in [5, 5.41) is 9.13. The Labute approximate surface area is 114 Å². The first-order valence-corrected chi connectivity index (χ1v) is 6.33. The largest absolute Gasteiger partial charge is 0.376 e. The maximum Gasteiger partial charge on any atom is 0.200 e. The summed E-state index contributed by atoms with van der Waals surface area (Å²) in [5.41, 5.74) is -1.28. The smallest absolute Gasteiger partial charge is 0.200 e. The van der Waals surface area contributed by atoms with E-state index in [1.807, 2.05) is 0 Å². The maximum absolute atomic E-state index is 13.4. The number of benzene rings is 1. The van der Waals surface area contributed by atoms with E-state index in [1.165, 1.54) is 4.31 Å². The van der Waals surface area contributed by atoms with Crippen LogP contribution in [0.4, 0.5) is 22.0 Å². The molecule has 0 amide bonds. The van der Waals surface area contributed by atoms with Crippen molar-refractivity contribution in [2.75, 3.05) is 6.54 Å². The van der Waals surface area contributed by atoms with E-state index in [0.29, 0.717) is 24.9 Å². The van der Waals surface area contributed by atoms with Gasteiger partial charge in [0.05, 0.1) is 6.04 Å². The Morgan fingerprint density at radius 3 is 1.89 bits per heavy atom. The summed E-state index contributed by atoms with van der Waals surface area (Å²) >= 11 is 5.76. The fourth-order valence-corrected chi connectivity index (χ4v) is 3.01. The second-order valence-electron chi connectivity index (χ2n) is 3.86. The Bertz CT molecular complexity index is 486. The fraction of sp³-hybridized carbons (Fsp3) is 0.400. The highest BCUT2D eigenvalue weighted by molar-refractivity contribution is 7.97. The molecule has 19 heavy (non-hydrogen) atoms. The number of nitrogens with zero attached hydrogens (tertiary/aromatic N) is 1. The van der Waals surface area contributed by atoms with E-state index in [-0.39, 0.29) is 0 Å². The van der Waals surface area contributed by atoms with Gasteiger partial charge < -0.3 is 5.11 Å². The zero-order valence-corrected chi connectivity index (χ0v) is 10.7. The lowest BCUT2D eigenvalue weighted by atomic mass is 10.1. The van der Waals surface area contributed by atoms with Crippen LogP contribution in [0.15, 0.2) is 4.90 Å². The van der Waals surface area contributed by atoms with Crippen LogP contribution in [0, 0.1) is 29.1 Å². The third-order valence-electron chi connectivity index (χ3n) is 2.71. The van der Waals surface area contributed by atoms with Crippen LogP contribution in [0.5, 0.6) is 0 Å². The normalized spacial score (nSPS) is 21.3. The van der Waals surface area contributed by atoms with E-state index in [0.717, 1.165) is 0 Å². The number of halogens is 6. The molecule has 0 aromatic heterocycles. The molecule has 2 rings (SSSR count). The molecule has 0 spiro atoms. The van der Waals surface area contributed by atoms with E-state index < -0.39 is 45.6 Å². The van der Waals surface area contributed by atoms with Crippen LogP contribution in [-0.4, -0.2) is 27.6 Å². The van der Waals surface area contributed by atoms with Gasteiger partial charge in [0.1, 0.15) is 10.5 Å². The molecule has 0 bridgehead atoms. The zero-order chi connectivity index (χ0) is 14.3. The number of alkyl halides is 1. The molecular weight excluding hydrogens is 313 g/mol. The lowest BCUT2D eigenvalue weighted by Crippen LogP contribution is -2.48. The summed E-state index contributed by atoms with van der Waals surface area (Å²) in [6, 6.07) is -0.596. The molecule has 2 nitrogen and oxygen atoms in total. The lowest BCUT2D eigenvalue weighted by Gasteiger charge is -2.40. The van der Waals surface area contributed by atoms with Gasteiger partial charge in [0.25, 0.3) is 0 Å². The number of aliphatic hydroxyl groups excluding tert-OH is 1. The molecule has 1 aromatic rings. The van der Waals surface area contributed by atoms with Crippen molar-refractivity contribution < 1.29 is 27.1 Å². The van der Waals surface area contributed by atoms with Crippen LogP contribution in [-0.2, 0) is 0 Å². The minimum atomic E-state index is -2.20. The van der Waals surface area contributed by atoms with Crippen LogP contribution >= 0.6 is 23.5 Å². The molecule has 0 radical (unpaired) electrons. The average molecular weight is 320 g/mol. The molecule has 1 fully saturated rings. The van der Waals surface area contributed by atoms with Gasteiger partial charge in [-0.3, -0.25) is 0 Å². The minimum Gasteiger partial charge on any atom is -0.376 e. The van der Waals surface area contributed by atoms with Gasteiger partial charge in [-0.1, -0.05) is 11.6 Å². The fourth-order valence-electron chi connectivity index (χ4n) is 1.55. The number of aliphatic hydroxyl groups is 1.